The fourth-order valence-corrected chi connectivity index (χ4v) is 3.71. The van der Waals surface area contributed by atoms with Crippen LogP contribution >= 0.6 is 0 Å². The van der Waals surface area contributed by atoms with Crippen LogP contribution in [0, 0.1) is 5.41 Å². The Kier molecular flexibility index (Phi) is 7.74. The van der Waals surface area contributed by atoms with Gasteiger partial charge < -0.3 is 20.7 Å². The number of benzene rings is 2. The lowest BCUT2D eigenvalue weighted by Crippen LogP contribution is -2.27. The third-order valence-corrected chi connectivity index (χ3v) is 5.51. The molecule has 1 aliphatic carbocycles. The van der Waals surface area contributed by atoms with Gasteiger partial charge in [-0.2, -0.15) is 0 Å². The van der Waals surface area contributed by atoms with E-state index in [1.165, 1.54) is 5.56 Å². The van der Waals surface area contributed by atoms with Gasteiger partial charge in [0.2, 0.25) is 11.8 Å². The maximum Gasteiger partial charge on any atom is 0.315 e. The van der Waals surface area contributed by atoms with Gasteiger partial charge in [0.15, 0.2) is 0 Å². The molecule has 33 heavy (non-hydrogen) atoms. The van der Waals surface area contributed by atoms with Crippen molar-refractivity contribution < 1.29 is 19.1 Å². The number of ether oxygens (including phenoxy) is 1. The number of esters is 1. The Bertz CT molecular complexity index is 1020. The summed E-state index contributed by atoms with van der Waals surface area (Å²) in [6, 6.07) is 11.5. The zero-order valence-electron chi connectivity index (χ0n) is 19.8. The van der Waals surface area contributed by atoms with Crippen LogP contribution in [0.4, 0.5) is 22.7 Å². The zero-order chi connectivity index (χ0) is 24.0. The van der Waals surface area contributed by atoms with Crippen molar-refractivity contribution in [3.63, 3.8) is 0 Å². The molecular weight excluding hydrogens is 418 g/mol. The average molecular weight is 452 g/mol. The summed E-state index contributed by atoms with van der Waals surface area (Å²) in [6.45, 7) is 7.56. The molecule has 3 N–H and O–H groups in total. The van der Waals surface area contributed by atoms with Crippen molar-refractivity contribution in [3.05, 3.63) is 47.5 Å². The van der Waals surface area contributed by atoms with Crippen LogP contribution in [0.5, 0.6) is 0 Å². The van der Waals surface area contributed by atoms with E-state index in [1.54, 1.807) is 6.92 Å². The second-order valence-corrected chi connectivity index (χ2v) is 9.27. The number of nitrogens with one attached hydrogen (secondary N) is 3. The van der Waals surface area contributed by atoms with E-state index in [2.05, 4.69) is 22.0 Å². The van der Waals surface area contributed by atoms with E-state index in [0.29, 0.717) is 11.4 Å². The minimum Gasteiger partial charge on any atom is -0.466 e. The Hall–Kier alpha value is -3.35. The van der Waals surface area contributed by atoms with Gasteiger partial charge in [0.25, 0.3) is 0 Å². The number of hydrogen-bond acceptors (Lipinski definition) is 5. The first kappa shape index (κ1) is 24.3. The molecule has 2 amide bonds. The molecule has 0 unspecified atom stereocenters. The monoisotopic (exact) mass is 451 g/mol. The van der Waals surface area contributed by atoms with E-state index in [-0.39, 0.29) is 18.9 Å². The van der Waals surface area contributed by atoms with Crippen LogP contribution in [-0.4, -0.2) is 24.4 Å². The molecule has 3 rings (SSSR count). The first-order valence-corrected chi connectivity index (χ1v) is 11.5. The summed E-state index contributed by atoms with van der Waals surface area (Å²) in [4.78, 5) is 36.5. The molecule has 0 saturated carbocycles. The van der Waals surface area contributed by atoms with Gasteiger partial charge in [-0.15, -0.1) is 0 Å². The third kappa shape index (κ3) is 6.57. The number of hydrogen-bond donors (Lipinski definition) is 3. The van der Waals surface area contributed by atoms with Gasteiger partial charge in [-0.3, -0.25) is 14.4 Å². The molecule has 0 bridgehead atoms. The molecule has 0 aliphatic heterocycles. The Morgan fingerprint density at radius 3 is 2.24 bits per heavy atom. The first-order valence-electron chi connectivity index (χ1n) is 11.5. The molecule has 2 aromatic rings. The van der Waals surface area contributed by atoms with E-state index in [0.717, 1.165) is 42.6 Å². The largest absolute Gasteiger partial charge is 0.466 e. The number of rotatable bonds is 7. The van der Waals surface area contributed by atoms with Gasteiger partial charge in [0.05, 0.1) is 18.0 Å². The quantitative estimate of drug-likeness (QED) is 0.398. The van der Waals surface area contributed by atoms with Crippen molar-refractivity contribution in [2.24, 2.45) is 5.41 Å². The van der Waals surface area contributed by atoms with Crippen LogP contribution in [0.2, 0.25) is 0 Å². The molecule has 1 aliphatic rings. The minimum absolute atomic E-state index is 0.0514. The molecule has 7 nitrogen and oxygen atoms in total. The number of carbonyl (C=O) groups is 3. The first-order chi connectivity index (χ1) is 15.7. The van der Waals surface area contributed by atoms with Crippen LogP contribution in [0.15, 0.2) is 36.4 Å². The van der Waals surface area contributed by atoms with Crippen molar-refractivity contribution in [2.75, 3.05) is 22.6 Å². The fourth-order valence-electron chi connectivity index (χ4n) is 3.71. The van der Waals surface area contributed by atoms with Gasteiger partial charge in [-0.1, -0.05) is 26.8 Å². The maximum absolute atomic E-state index is 12.5. The van der Waals surface area contributed by atoms with Crippen molar-refractivity contribution in [1.82, 2.24) is 0 Å². The Balaban J connectivity index is 1.80. The van der Waals surface area contributed by atoms with Crippen LogP contribution in [0.3, 0.4) is 0 Å². The Morgan fingerprint density at radius 1 is 0.909 bits per heavy atom. The SMILES string of the molecule is CCOC(=O)CC(=O)Nc1c(Nc2ccc(NC(=O)C(C)(C)C)cc2)ccc2c1CCCC2. The number of carbonyl (C=O) groups excluding carboxylic acids is 3. The standard InChI is InChI=1S/C26H33N3O4/c1-5-33-23(31)16-22(30)29-24-20-9-7-6-8-17(20)10-15-21(24)27-18-11-13-19(14-12-18)28-25(32)26(2,3)4/h10-15,27H,5-9,16H2,1-4H3,(H,28,32)(H,29,30). The van der Waals surface area contributed by atoms with Crippen LogP contribution in [-0.2, 0) is 32.0 Å². The van der Waals surface area contributed by atoms with E-state index < -0.39 is 17.3 Å². The molecule has 2 aromatic carbocycles. The van der Waals surface area contributed by atoms with Gasteiger partial charge in [-0.25, -0.2) is 0 Å². The summed E-state index contributed by atoms with van der Waals surface area (Å²) in [5, 5.41) is 9.23. The average Bonchev–Trinajstić information content (AvgIpc) is 2.76. The van der Waals surface area contributed by atoms with Gasteiger partial charge in [-0.05, 0) is 74.1 Å². The van der Waals surface area contributed by atoms with E-state index in [9.17, 15) is 14.4 Å². The molecule has 0 fully saturated rings. The van der Waals surface area contributed by atoms with Gasteiger partial charge in [0.1, 0.15) is 6.42 Å². The van der Waals surface area contributed by atoms with Crippen LogP contribution < -0.4 is 16.0 Å². The molecule has 176 valence electrons. The van der Waals surface area contributed by atoms with E-state index in [4.69, 9.17) is 4.74 Å². The lowest BCUT2D eigenvalue weighted by molar-refractivity contribution is -0.145. The molecule has 0 saturated heterocycles. The summed E-state index contributed by atoms with van der Waals surface area (Å²) in [6.07, 6.45) is 3.70. The summed E-state index contributed by atoms with van der Waals surface area (Å²) >= 11 is 0. The molecule has 0 atom stereocenters. The zero-order valence-corrected chi connectivity index (χ0v) is 19.8. The van der Waals surface area contributed by atoms with Crippen molar-refractivity contribution in [3.8, 4) is 0 Å². The van der Waals surface area contributed by atoms with Crippen LogP contribution in [0.25, 0.3) is 0 Å². The summed E-state index contributed by atoms with van der Waals surface area (Å²) in [5.41, 5.74) is 4.87. The van der Waals surface area contributed by atoms with Gasteiger partial charge in [0, 0.05) is 16.8 Å². The Labute approximate surface area is 195 Å². The third-order valence-electron chi connectivity index (χ3n) is 5.51. The minimum atomic E-state index is -0.540. The second-order valence-electron chi connectivity index (χ2n) is 9.27. The lowest BCUT2D eigenvalue weighted by Gasteiger charge is -2.23. The topological polar surface area (TPSA) is 96.5 Å². The van der Waals surface area contributed by atoms with Crippen LogP contribution in [0.1, 0.15) is 58.1 Å². The van der Waals surface area contributed by atoms with E-state index in [1.807, 2.05) is 51.1 Å². The highest BCUT2D eigenvalue weighted by molar-refractivity contribution is 6.04. The highest BCUT2D eigenvalue weighted by Gasteiger charge is 2.22. The molecule has 0 aromatic heterocycles. The molecule has 0 spiro atoms. The predicted molar refractivity (Wildman–Crippen MR) is 131 cm³/mol. The number of amides is 2. The normalized spacial score (nSPS) is 13.0. The molecule has 0 heterocycles. The summed E-state index contributed by atoms with van der Waals surface area (Å²) < 4.78 is 4.90. The number of anilines is 4. The summed E-state index contributed by atoms with van der Waals surface area (Å²) in [7, 11) is 0. The summed E-state index contributed by atoms with van der Waals surface area (Å²) in [5.74, 6) is -0.984. The highest BCUT2D eigenvalue weighted by atomic mass is 16.5. The maximum atomic E-state index is 12.5. The van der Waals surface area contributed by atoms with Crippen molar-refractivity contribution in [1.29, 1.82) is 0 Å². The fraction of sp³-hybridized carbons (Fsp3) is 0.423. The van der Waals surface area contributed by atoms with Gasteiger partial charge >= 0.3 is 5.97 Å². The van der Waals surface area contributed by atoms with E-state index >= 15 is 0 Å². The second kappa shape index (κ2) is 10.5. The van der Waals surface area contributed by atoms with Crippen molar-refractivity contribution >= 4 is 40.5 Å². The number of aryl methyl sites for hydroxylation is 1. The van der Waals surface area contributed by atoms with Crippen molar-refractivity contribution in [2.45, 2.75) is 59.8 Å². The smallest absolute Gasteiger partial charge is 0.315 e. The highest BCUT2D eigenvalue weighted by Crippen LogP contribution is 2.36. The number of fused-ring (bicyclic) bond motifs is 1. The predicted octanol–water partition coefficient (Wildman–Crippen LogP) is 5.19. The molecule has 7 heteroatoms. The molecular formula is C26H33N3O4. The lowest BCUT2D eigenvalue weighted by atomic mass is 9.89. The molecule has 0 radical (unpaired) electrons. The Morgan fingerprint density at radius 2 is 1.58 bits per heavy atom.